The van der Waals surface area contributed by atoms with Gasteiger partial charge in [-0.05, 0) is 11.6 Å². The first-order valence-corrected chi connectivity index (χ1v) is 8.72. The van der Waals surface area contributed by atoms with E-state index in [1.54, 1.807) is 13.8 Å². The summed E-state index contributed by atoms with van der Waals surface area (Å²) in [6, 6.07) is 6.84. The number of aliphatic carboxylic acids is 1. The van der Waals surface area contributed by atoms with Crippen molar-refractivity contribution in [3.8, 4) is 0 Å². The number of hydrogen-bond acceptors (Lipinski definition) is 4. The molecule has 4 N–H and O–H groups in total. The number of rotatable bonds is 9. The summed E-state index contributed by atoms with van der Waals surface area (Å²) in [5, 5.41) is 15.3. The highest BCUT2D eigenvalue weighted by atomic mass is 16.5. The summed E-state index contributed by atoms with van der Waals surface area (Å²) in [7, 11) is 1.26. The number of ether oxygens (including phenoxy) is 1. The van der Waals surface area contributed by atoms with E-state index >= 15 is 0 Å². The second-order valence-electron chi connectivity index (χ2n) is 6.59. The number of fused-ring (bicyclic) bond motifs is 1. The first kappa shape index (κ1) is 20.4. The van der Waals surface area contributed by atoms with E-state index in [9.17, 15) is 14.4 Å². The standard InChI is InChI=1S/C19H25N3O5/c1-11(2)17(23)22-15(18(24)21-10-16(27-3)19(25)26)8-12-9-20-14-7-5-4-6-13(12)14/h4-7,9,11,15-16,20H,8,10H2,1-3H3,(H,21,24)(H,22,23)(H,25,26). The predicted molar refractivity (Wildman–Crippen MR) is 100 cm³/mol. The van der Waals surface area contributed by atoms with Crippen molar-refractivity contribution >= 4 is 28.7 Å². The van der Waals surface area contributed by atoms with E-state index in [4.69, 9.17) is 9.84 Å². The Hall–Kier alpha value is -2.87. The van der Waals surface area contributed by atoms with E-state index in [0.29, 0.717) is 0 Å². The van der Waals surface area contributed by atoms with Gasteiger partial charge in [0.25, 0.3) is 0 Å². The molecule has 0 saturated heterocycles. The number of H-pyrrole nitrogens is 1. The topological polar surface area (TPSA) is 121 Å². The Morgan fingerprint density at radius 3 is 2.52 bits per heavy atom. The Balaban J connectivity index is 2.16. The number of aromatic amines is 1. The number of carboxylic acid groups (broad SMARTS) is 1. The molecule has 2 rings (SSSR count). The molecule has 0 fully saturated rings. The summed E-state index contributed by atoms with van der Waals surface area (Å²) < 4.78 is 4.82. The summed E-state index contributed by atoms with van der Waals surface area (Å²) >= 11 is 0. The molecule has 0 aliphatic rings. The van der Waals surface area contributed by atoms with Gasteiger partial charge < -0.3 is 25.5 Å². The van der Waals surface area contributed by atoms with Crippen molar-refractivity contribution < 1.29 is 24.2 Å². The van der Waals surface area contributed by atoms with Crippen molar-refractivity contribution in [3.05, 3.63) is 36.0 Å². The van der Waals surface area contributed by atoms with E-state index in [0.717, 1.165) is 16.5 Å². The number of carboxylic acids is 1. The molecule has 146 valence electrons. The van der Waals surface area contributed by atoms with Crippen LogP contribution in [0.2, 0.25) is 0 Å². The van der Waals surface area contributed by atoms with Crippen molar-refractivity contribution in [2.24, 2.45) is 5.92 Å². The van der Waals surface area contributed by atoms with Crippen LogP contribution in [-0.2, 0) is 25.5 Å². The quantitative estimate of drug-likeness (QED) is 0.522. The molecule has 27 heavy (non-hydrogen) atoms. The van der Waals surface area contributed by atoms with Crippen LogP contribution in [0.25, 0.3) is 10.9 Å². The first-order chi connectivity index (χ1) is 12.8. The minimum atomic E-state index is -1.17. The highest BCUT2D eigenvalue weighted by molar-refractivity contribution is 5.90. The monoisotopic (exact) mass is 375 g/mol. The molecule has 0 spiro atoms. The summed E-state index contributed by atoms with van der Waals surface area (Å²) in [6.45, 7) is 3.29. The molecule has 1 aromatic carbocycles. The number of methoxy groups -OCH3 is 1. The van der Waals surface area contributed by atoms with Crippen molar-refractivity contribution in [1.82, 2.24) is 15.6 Å². The fourth-order valence-electron chi connectivity index (χ4n) is 2.66. The zero-order valence-corrected chi connectivity index (χ0v) is 15.6. The van der Waals surface area contributed by atoms with Gasteiger partial charge in [-0.2, -0.15) is 0 Å². The number of benzene rings is 1. The van der Waals surface area contributed by atoms with Crippen LogP contribution in [0.1, 0.15) is 19.4 Å². The largest absolute Gasteiger partial charge is 0.479 e. The van der Waals surface area contributed by atoms with Crippen LogP contribution in [0.5, 0.6) is 0 Å². The molecule has 1 aromatic heterocycles. The summed E-state index contributed by atoms with van der Waals surface area (Å²) in [6.07, 6.45) is 0.934. The van der Waals surface area contributed by atoms with Gasteiger partial charge in [0.2, 0.25) is 11.8 Å². The molecule has 2 unspecified atom stereocenters. The Morgan fingerprint density at radius 1 is 1.19 bits per heavy atom. The van der Waals surface area contributed by atoms with Crippen LogP contribution < -0.4 is 10.6 Å². The molecule has 0 saturated carbocycles. The van der Waals surface area contributed by atoms with Gasteiger partial charge >= 0.3 is 5.97 Å². The van der Waals surface area contributed by atoms with Gasteiger partial charge in [-0.3, -0.25) is 9.59 Å². The molecular weight excluding hydrogens is 350 g/mol. The zero-order chi connectivity index (χ0) is 20.0. The van der Waals surface area contributed by atoms with E-state index < -0.39 is 24.0 Å². The molecule has 0 aliphatic carbocycles. The van der Waals surface area contributed by atoms with Gasteiger partial charge in [-0.1, -0.05) is 32.0 Å². The number of carbonyl (C=O) groups excluding carboxylic acids is 2. The van der Waals surface area contributed by atoms with Crippen molar-refractivity contribution in [1.29, 1.82) is 0 Å². The molecule has 8 nitrogen and oxygen atoms in total. The Kier molecular flexibility index (Phi) is 6.95. The van der Waals surface area contributed by atoms with Gasteiger partial charge in [0, 0.05) is 36.5 Å². The number of nitrogens with one attached hydrogen (secondary N) is 3. The van der Waals surface area contributed by atoms with E-state index in [-0.39, 0.29) is 24.8 Å². The number of para-hydroxylation sites is 1. The third-order valence-electron chi connectivity index (χ3n) is 4.28. The summed E-state index contributed by atoms with van der Waals surface area (Å²) in [4.78, 5) is 38.9. The molecule has 0 radical (unpaired) electrons. The number of carbonyl (C=O) groups is 3. The lowest BCUT2D eigenvalue weighted by atomic mass is 10.0. The number of hydrogen-bond donors (Lipinski definition) is 4. The minimum absolute atomic E-state index is 0.188. The third kappa shape index (κ3) is 5.30. The fraction of sp³-hybridized carbons (Fsp3) is 0.421. The maximum atomic E-state index is 12.6. The van der Waals surface area contributed by atoms with Crippen LogP contribution in [0, 0.1) is 5.92 Å². The number of aromatic nitrogens is 1. The molecule has 1 heterocycles. The summed E-state index contributed by atoms with van der Waals surface area (Å²) in [5.74, 6) is -2.17. The maximum Gasteiger partial charge on any atom is 0.334 e. The number of amides is 2. The van der Waals surface area contributed by atoms with Gasteiger partial charge in [-0.15, -0.1) is 0 Å². The Morgan fingerprint density at radius 2 is 1.89 bits per heavy atom. The second-order valence-corrected chi connectivity index (χ2v) is 6.59. The molecule has 2 amide bonds. The lowest BCUT2D eigenvalue weighted by Gasteiger charge is -2.20. The van der Waals surface area contributed by atoms with Gasteiger partial charge in [0.1, 0.15) is 6.04 Å². The SMILES string of the molecule is COC(CNC(=O)C(Cc1c[nH]c2ccccc12)NC(=O)C(C)C)C(=O)O. The smallest absolute Gasteiger partial charge is 0.334 e. The van der Waals surface area contributed by atoms with Crippen LogP contribution in [-0.4, -0.2) is 53.7 Å². The molecule has 0 bridgehead atoms. The summed E-state index contributed by atoms with van der Waals surface area (Å²) in [5.41, 5.74) is 1.82. The highest BCUT2D eigenvalue weighted by Crippen LogP contribution is 2.19. The molecular formula is C19H25N3O5. The minimum Gasteiger partial charge on any atom is -0.479 e. The Bertz CT molecular complexity index is 815. The lowest BCUT2D eigenvalue weighted by molar-refractivity contribution is -0.148. The Labute approximate surface area is 157 Å². The molecule has 0 aliphatic heterocycles. The van der Waals surface area contributed by atoms with E-state index in [1.807, 2.05) is 30.5 Å². The van der Waals surface area contributed by atoms with Gasteiger partial charge in [-0.25, -0.2) is 4.79 Å². The normalized spacial score (nSPS) is 13.3. The van der Waals surface area contributed by atoms with Crippen molar-refractivity contribution in [3.63, 3.8) is 0 Å². The van der Waals surface area contributed by atoms with Crippen LogP contribution in [0.15, 0.2) is 30.5 Å². The van der Waals surface area contributed by atoms with Crippen molar-refractivity contribution in [2.45, 2.75) is 32.4 Å². The van der Waals surface area contributed by atoms with E-state index in [1.165, 1.54) is 7.11 Å². The molecule has 8 heteroatoms. The zero-order valence-electron chi connectivity index (χ0n) is 15.6. The lowest BCUT2D eigenvalue weighted by Crippen LogP contribution is -2.51. The first-order valence-electron chi connectivity index (χ1n) is 8.72. The molecule has 2 atom stereocenters. The molecule has 2 aromatic rings. The van der Waals surface area contributed by atoms with E-state index in [2.05, 4.69) is 15.6 Å². The predicted octanol–water partition coefficient (Wildman–Crippen LogP) is 1.07. The fourth-order valence-corrected chi connectivity index (χ4v) is 2.66. The van der Waals surface area contributed by atoms with Crippen LogP contribution in [0.3, 0.4) is 0 Å². The van der Waals surface area contributed by atoms with Crippen LogP contribution >= 0.6 is 0 Å². The average molecular weight is 375 g/mol. The van der Waals surface area contributed by atoms with Crippen molar-refractivity contribution in [2.75, 3.05) is 13.7 Å². The highest BCUT2D eigenvalue weighted by Gasteiger charge is 2.25. The average Bonchev–Trinajstić information content (AvgIpc) is 3.04. The second kappa shape index (κ2) is 9.18. The third-order valence-corrected chi connectivity index (χ3v) is 4.28. The maximum absolute atomic E-state index is 12.6. The van der Waals surface area contributed by atoms with Crippen LogP contribution in [0.4, 0.5) is 0 Å². The van der Waals surface area contributed by atoms with Gasteiger partial charge in [0.05, 0.1) is 6.54 Å². The van der Waals surface area contributed by atoms with Gasteiger partial charge in [0.15, 0.2) is 6.10 Å².